The van der Waals surface area contributed by atoms with Gasteiger partial charge in [0.1, 0.15) is 0 Å². The van der Waals surface area contributed by atoms with Gasteiger partial charge in [-0.05, 0) is 63.2 Å². The fraction of sp³-hybridized carbons (Fsp3) is 0.588. The third-order valence-corrected chi connectivity index (χ3v) is 4.48. The predicted molar refractivity (Wildman–Crippen MR) is 80.8 cm³/mol. The highest BCUT2D eigenvalue weighted by Gasteiger charge is 2.34. The van der Waals surface area contributed by atoms with Crippen molar-refractivity contribution < 1.29 is 4.79 Å². The lowest BCUT2D eigenvalue weighted by atomic mass is 9.98. The lowest BCUT2D eigenvalue weighted by molar-refractivity contribution is 0.0703. The molecule has 1 saturated carbocycles. The van der Waals surface area contributed by atoms with E-state index in [1.54, 1.807) is 0 Å². The summed E-state index contributed by atoms with van der Waals surface area (Å²) in [5.41, 5.74) is 1.97. The Hall–Kier alpha value is -1.35. The number of benzene rings is 1. The molecule has 1 aliphatic carbocycles. The number of amides is 1. The zero-order chi connectivity index (χ0) is 13.9. The number of hydrogen-bond donors (Lipinski definition) is 1. The van der Waals surface area contributed by atoms with Crippen molar-refractivity contribution in [3.8, 4) is 0 Å². The molecular weight excluding hydrogens is 248 g/mol. The lowest BCUT2D eigenvalue weighted by Gasteiger charge is -2.30. The molecule has 1 atom stereocenters. The smallest absolute Gasteiger partial charge is 0.254 e. The Balaban J connectivity index is 1.73. The summed E-state index contributed by atoms with van der Waals surface area (Å²) in [4.78, 5) is 15.0. The molecule has 3 rings (SSSR count). The van der Waals surface area contributed by atoms with Crippen LogP contribution in [-0.2, 0) is 0 Å². The zero-order valence-electron chi connectivity index (χ0n) is 12.3. The molecular formula is C17H24N2O. The summed E-state index contributed by atoms with van der Waals surface area (Å²) in [7, 11) is 0. The number of carbonyl (C=O) groups excluding carboxylic acids is 1. The fourth-order valence-corrected chi connectivity index (χ4v) is 3.11. The summed E-state index contributed by atoms with van der Waals surface area (Å²) >= 11 is 0. The van der Waals surface area contributed by atoms with Crippen LogP contribution in [0.5, 0.6) is 0 Å². The van der Waals surface area contributed by atoms with Gasteiger partial charge in [0, 0.05) is 18.2 Å². The molecule has 1 saturated heterocycles. The number of rotatable bonds is 4. The Morgan fingerprint density at radius 1 is 1.30 bits per heavy atom. The van der Waals surface area contributed by atoms with E-state index >= 15 is 0 Å². The first-order valence-corrected chi connectivity index (χ1v) is 7.83. The standard InChI is InChI=1S/C17H24N2O/c1-13-5-2-3-7-16(13)17(20)19(15-8-9-15)12-14-6-4-10-18-11-14/h2-3,5,7,14-15,18H,4,6,8-12H2,1H3. The average molecular weight is 272 g/mol. The largest absolute Gasteiger partial charge is 0.335 e. The van der Waals surface area contributed by atoms with Crippen LogP contribution in [0.1, 0.15) is 41.6 Å². The van der Waals surface area contributed by atoms with E-state index in [1.165, 1.54) is 25.7 Å². The quantitative estimate of drug-likeness (QED) is 0.913. The molecule has 0 radical (unpaired) electrons. The lowest BCUT2D eigenvalue weighted by Crippen LogP contribution is -2.42. The normalized spacial score (nSPS) is 22.6. The highest BCUT2D eigenvalue weighted by atomic mass is 16.2. The topological polar surface area (TPSA) is 32.3 Å². The van der Waals surface area contributed by atoms with Crippen molar-refractivity contribution in [1.29, 1.82) is 0 Å². The Morgan fingerprint density at radius 2 is 2.10 bits per heavy atom. The van der Waals surface area contributed by atoms with Gasteiger partial charge in [-0.2, -0.15) is 0 Å². The molecule has 1 amide bonds. The van der Waals surface area contributed by atoms with Gasteiger partial charge in [0.05, 0.1) is 0 Å². The summed E-state index contributed by atoms with van der Waals surface area (Å²) in [6, 6.07) is 8.45. The van der Waals surface area contributed by atoms with Crippen LogP contribution in [0.25, 0.3) is 0 Å². The van der Waals surface area contributed by atoms with E-state index in [2.05, 4.69) is 10.2 Å². The Morgan fingerprint density at radius 3 is 2.75 bits per heavy atom. The third kappa shape index (κ3) is 3.04. The van der Waals surface area contributed by atoms with Crippen LogP contribution in [0.3, 0.4) is 0 Å². The van der Waals surface area contributed by atoms with Gasteiger partial charge in [-0.3, -0.25) is 4.79 Å². The van der Waals surface area contributed by atoms with Gasteiger partial charge in [-0.1, -0.05) is 18.2 Å². The van der Waals surface area contributed by atoms with Crippen molar-refractivity contribution in [3.63, 3.8) is 0 Å². The molecule has 108 valence electrons. The Kier molecular flexibility index (Phi) is 4.06. The van der Waals surface area contributed by atoms with Gasteiger partial charge in [-0.15, -0.1) is 0 Å². The summed E-state index contributed by atoms with van der Waals surface area (Å²) in [5, 5.41) is 3.45. The molecule has 3 nitrogen and oxygen atoms in total. The molecule has 0 bridgehead atoms. The number of nitrogens with zero attached hydrogens (tertiary/aromatic N) is 1. The molecule has 1 aliphatic heterocycles. The molecule has 1 heterocycles. The molecule has 2 aliphatic rings. The van der Waals surface area contributed by atoms with Crippen LogP contribution < -0.4 is 5.32 Å². The second kappa shape index (κ2) is 5.96. The molecule has 2 fully saturated rings. The van der Waals surface area contributed by atoms with Gasteiger partial charge in [0.2, 0.25) is 0 Å². The fourth-order valence-electron chi connectivity index (χ4n) is 3.11. The van der Waals surface area contributed by atoms with Crippen molar-refractivity contribution >= 4 is 5.91 Å². The van der Waals surface area contributed by atoms with E-state index in [-0.39, 0.29) is 5.91 Å². The minimum Gasteiger partial charge on any atom is -0.335 e. The first-order valence-electron chi connectivity index (χ1n) is 7.83. The molecule has 1 aromatic carbocycles. The number of hydrogen-bond acceptors (Lipinski definition) is 2. The van der Waals surface area contributed by atoms with Crippen molar-refractivity contribution in [2.45, 2.75) is 38.6 Å². The monoisotopic (exact) mass is 272 g/mol. The molecule has 1 aromatic rings. The minimum absolute atomic E-state index is 0.233. The van der Waals surface area contributed by atoms with Crippen molar-refractivity contribution in [1.82, 2.24) is 10.2 Å². The van der Waals surface area contributed by atoms with Gasteiger partial charge < -0.3 is 10.2 Å². The van der Waals surface area contributed by atoms with E-state index in [1.807, 2.05) is 31.2 Å². The number of piperidine rings is 1. The minimum atomic E-state index is 0.233. The van der Waals surface area contributed by atoms with Gasteiger partial charge >= 0.3 is 0 Å². The summed E-state index contributed by atoms with van der Waals surface area (Å²) in [5.74, 6) is 0.855. The highest BCUT2D eigenvalue weighted by Crippen LogP contribution is 2.30. The summed E-state index contributed by atoms with van der Waals surface area (Å²) in [6.45, 7) is 5.14. The maximum atomic E-state index is 12.8. The van der Waals surface area contributed by atoms with E-state index in [0.717, 1.165) is 30.8 Å². The number of nitrogens with one attached hydrogen (secondary N) is 1. The van der Waals surface area contributed by atoms with Crippen LogP contribution in [0.15, 0.2) is 24.3 Å². The van der Waals surface area contributed by atoms with Gasteiger partial charge in [-0.25, -0.2) is 0 Å². The Labute approximate surface area is 121 Å². The number of carbonyl (C=O) groups is 1. The van der Waals surface area contributed by atoms with Gasteiger partial charge in [0.15, 0.2) is 0 Å². The second-order valence-corrected chi connectivity index (χ2v) is 6.22. The molecule has 3 heteroatoms. The van der Waals surface area contributed by atoms with Crippen LogP contribution in [0, 0.1) is 12.8 Å². The van der Waals surface area contributed by atoms with Crippen LogP contribution >= 0.6 is 0 Å². The SMILES string of the molecule is Cc1ccccc1C(=O)N(CC1CCCNC1)C1CC1. The second-order valence-electron chi connectivity index (χ2n) is 6.22. The molecule has 20 heavy (non-hydrogen) atoms. The molecule has 1 N–H and O–H groups in total. The number of aryl methyl sites for hydroxylation is 1. The van der Waals surface area contributed by atoms with Crippen molar-refractivity contribution in [3.05, 3.63) is 35.4 Å². The van der Waals surface area contributed by atoms with Crippen LogP contribution in [0.4, 0.5) is 0 Å². The predicted octanol–water partition coefficient (Wildman–Crippen LogP) is 2.60. The van der Waals surface area contributed by atoms with E-state index in [4.69, 9.17) is 0 Å². The van der Waals surface area contributed by atoms with Crippen LogP contribution in [0.2, 0.25) is 0 Å². The summed E-state index contributed by atoms with van der Waals surface area (Å²) in [6.07, 6.45) is 4.84. The first-order chi connectivity index (χ1) is 9.75. The van der Waals surface area contributed by atoms with Crippen LogP contribution in [-0.4, -0.2) is 36.5 Å². The maximum Gasteiger partial charge on any atom is 0.254 e. The average Bonchev–Trinajstić information content (AvgIpc) is 3.30. The molecule has 1 unspecified atom stereocenters. The molecule has 0 aromatic heterocycles. The van der Waals surface area contributed by atoms with Crippen molar-refractivity contribution in [2.24, 2.45) is 5.92 Å². The maximum absolute atomic E-state index is 12.8. The zero-order valence-corrected chi connectivity index (χ0v) is 12.3. The van der Waals surface area contributed by atoms with E-state index in [9.17, 15) is 4.79 Å². The Bertz CT molecular complexity index is 476. The van der Waals surface area contributed by atoms with Gasteiger partial charge in [0.25, 0.3) is 5.91 Å². The van der Waals surface area contributed by atoms with Crippen molar-refractivity contribution in [2.75, 3.05) is 19.6 Å². The first kappa shape index (κ1) is 13.6. The third-order valence-electron chi connectivity index (χ3n) is 4.48. The van der Waals surface area contributed by atoms with E-state index < -0.39 is 0 Å². The summed E-state index contributed by atoms with van der Waals surface area (Å²) < 4.78 is 0. The molecule has 0 spiro atoms. The van der Waals surface area contributed by atoms with E-state index in [0.29, 0.717) is 12.0 Å². The highest BCUT2D eigenvalue weighted by molar-refractivity contribution is 5.96.